The summed E-state index contributed by atoms with van der Waals surface area (Å²) in [5.41, 5.74) is 0.979. The Bertz CT molecular complexity index is 496. The first-order valence-electron chi connectivity index (χ1n) is 5.81. The highest BCUT2D eigenvalue weighted by molar-refractivity contribution is 5.35. The molecule has 1 fully saturated rings. The van der Waals surface area contributed by atoms with Crippen molar-refractivity contribution in [1.82, 2.24) is 15.1 Å². The summed E-state index contributed by atoms with van der Waals surface area (Å²) >= 11 is 0. The molecule has 1 aliphatic rings. The second kappa shape index (κ2) is 4.16. The zero-order valence-corrected chi connectivity index (χ0v) is 9.71. The van der Waals surface area contributed by atoms with E-state index < -0.39 is 0 Å². The van der Waals surface area contributed by atoms with Gasteiger partial charge in [-0.05, 0) is 25.8 Å². The van der Waals surface area contributed by atoms with Gasteiger partial charge in [-0.25, -0.2) is 9.97 Å². The Labute approximate surface area is 99.5 Å². The van der Waals surface area contributed by atoms with Crippen LogP contribution in [0.1, 0.15) is 30.3 Å². The lowest BCUT2D eigenvalue weighted by Crippen LogP contribution is -2.24. The number of aromatic nitrogens is 3. The topological polar surface area (TPSA) is 55.1 Å². The second-order valence-electron chi connectivity index (χ2n) is 4.26. The predicted octanol–water partition coefficient (Wildman–Crippen LogP) is 2.11. The Morgan fingerprint density at radius 2 is 2.18 bits per heavy atom. The average molecular weight is 230 g/mol. The van der Waals surface area contributed by atoms with Crippen LogP contribution in [0.3, 0.4) is 0 Å². The van der Waals surface area contributed by atoms with Crippen LogP contribution in [0.25, 0.3) is 0 Å². The van der Waals surface area contributed by atoms with Crippen LogP contribution in [0.2, 0.25) is 0 Å². The van der Waals surface area contributed by atoms with E-state index in [0.29, 0.717) is 0 Å². The fraction of sp³-hybridized carbons (Fsp3) is 0.417. The molecule has 88 valence electrons. The van der Waals surface area contributed by atoms with Gasteiger partial charge in [-0.3, -0.25) is 0 Å². The molecule has 1 atom stereocenters. The quantitative estimate of drug-likeness (QED) is 0.790. The number of nitrogens with zero attached hydrogens (tertiary/aromatic N) is 4. The van der Waals surface area contributed by atoms with Crippen LogP contribution >= 0.6 is 0 Å². The van der Waals surface area contributed by atoms with Gasteiger partial charge in [-0.2, -0.15) is 0 Å². The van der Waals surface area contributed by atoms with Crippen molar-refractivity contribution in [3.8, 4) is 0 Å². The van der Waals surface area contributed by atoms with Crippen LogP contribution < -0.4 is 4.90 Å². The van der Waals surface area contributed by atoms with E-state index in [1.54, 1.807) is 12.4 Å². The molecule has 0 spiro atoms. The SMILES string of the molecule is Cc1cc([C@@H]2CCCN2c2ncccn2)no1. The van der Waals surface area contributed by atoms with Crippen molar-refractivity contribution in [3.05, 3.63) is 36.0 Å². The minimum atomic E-state index is 0.245. The van der Waals surface area contributed by atoms with Gasteiger partial charge in [0.15, 0.2) is 0 Å². The largest absolute Gasteiger partial charge is 0.361 e. The highest BCUT2D eigenvalue weighted by Gasteiger charge is 2.30. The van der Waals surface area contributed by atoms with Gasteiger partial charge in [0.1, 0.15) is 11.5 Å². The van der Waals surface area contributed by atoms with E-state index in [1.165, 1.54) is 0 Å². The Hall–Kier alpha value is -1.91. The molecule has 3 heterocycles. The normalized spacial score (nSPS) is 19.8. The monoisotopic (exact) mass is 230 g/mol. The molecule has 0 saturated carbocycles. The van der Waals surface area contributed by atoms with E-state index in [2.05, 4.69) is 20.0 Å². The molecule has 0 amide bonds. The maximum atomic E-state index is 5.14. The first-order chi connectivity index (χ1) is 8.34. The molecule has 0 unspecified atom stereocenters. The van der Waals surface area contributed by atoms with E-state index in [0.717, 1.165) is 36.8 Å². The van der Waals surface area contributed by atoms with Gasteiger partial charge in [0.05, 0.1) is 6.04 Å². The van der Waals surface area contributed by atoms with Crippen LogP contribution in [0.15, 0.2) is 29.0 Å². The van der Waals surface area contributed by atoms with Crippen molar-refractivity contribution in [1.29, 1.82) is 0 Å². The van der Waals surface area contributed by atoms with Crippen molar-refractivity contribution >= 4 is 5.95 Å². The molecule has 0 radical (unpaired) electrons. The van der Waals surface area contributed by atoms with Gasteiger partial charge < -0.3 is 9.42 Å². The van der Waals surface area contributed by atoms with E-state index in [4.69, 9.17) is 4.52 Å². The molecule has 1 saturated heterocycles. The summed E-state index contributed by atoms with van der Waals surface area (Å²) in [7, 11) is 0. The van der Waals surface area contributed by atoms with Crippen LogP contribution in [0.4, 0.5) is 5.95 Å². The van der Waals surface area contributed by atoms with Crippen molar-refractivity contribution in [3.63, 3.8) is 0 Å². The summed E-state index contributed by atoms with van der Waals surface area (Å²) < 4.78 is 5.14. The molecule has 5 heteroatoms. The summed E-state index contributed by atoms with van der Waals surface area (Å²) in [5, 5.41) is 4.10. The first kappa shape index (κ1) is 10.3. The lowest BCUT2D eigenvalue weighted by molar-refractivity contribution is 0.385. The van der Waals surface area contributed by atoms with Gasteiger partial charge in [-0.1, -0.05) is 5.16 Å². The van der Waals surface area contributed by atoms with E-state index >= 15 is 0 Å². The van der Waals surface area contributed by atoms with Crippen molar-refractivity contribution < 1.29 is 4.52 Å². The van der Waals surface area contributed by atoms with Gasteiger partial charge in [0.2, 0.25) is 5.95 Å². The number of aryl methyl sites for hydroxylation is 1. The van der Waals surface area contributed by atoms with Crippen molar-refractivity contribution in [2.24, 2.45) is 0 Å². The molecule has 2 aromatic rings. The predicted molar refractivity (Wildman–Crippen MR) is 62.6 cm³/mol. The summed E-state index contributed by atoms with van der Waals surface area (Å²) in [6, 6.07) is 4.07. The van der Waals surface area contributed by atoms with E-state index in [-0.39, 0.29) is 6.04 Å². The Kier molecular flexibility index (Phi) is 2.51. The molecule has 2 aromatic heterocycles. The summed E-state index contributed by atoms with van der Waals surface area (Å²) in [6.45, 7) is 2.88. The zero-order valence-electron chi connectivity index (χ0n) is 9.71. The van der Waals surface area contributed by atoms with E-state index in [1.807, 2.05) is 19.1 Å². The third-order valence-corrected chi connectivity index (χ3v) is 3.05. The maximum absolute atomic E-state index is 5.14. The fourth-order valence-corrected chi connectivity index (χ4v) is 2.30. The van der Waals surface area contributed by atoms with Gasteiger partial charge in [0.25, 0.3) is 0 Å². The van der Waals surface area contributed by atoms with E-state index in [9.17, 15) is 0 Å². The molecule has 1 aliphatic heterocycles. The van der Waals surface area contributed by atoms with Crippen molar-refractivity contribution in [2.45, 2.75) is 25.8 Å². The lowest BCUT2D eigenvalue weighted by atomic mass is 10.1. The van der Waals surface area contributed by atoms with Crippen LogP contribution in [0, 0.1) is 6.92 Å². The number of hydrogen-bond acceptors (Lipinski definition) is 5. The molecule has 5 nitrogen and oxygen atoms in total. The summed E-state index contributed by atoms with van der Waals surface area (Å²) in [5.74, 6) is 1.62. The van der Waals surface area contributed by atoms with Gasteiger partial charge >= 0.3 is 0 Å². The minimum absolute atomic E-state index is 0.245. The maximum Gasteiger partial charge on any atom is 0.225 e. The van der Waals surface area contributed by atoms with Gasteiger partial charge in [-0.15, -0.1) is 0 Å². The molecule has 0 aromatic carbocycles. The second-order valence-corrected chi connectivity index (χ2v) is 4.26. The first-order valence-corrected chi connectivity index (χ1v) is 5.81. The molecule has 0 N–H and O–H groups in total. The minimum Gasteiger partial charge on any atom is -0.361 e. The van der Waals surface area contributed by atoms with Crippen LogP contribution in [-0.4, -0.2) is 21.7 Å². The smallest absolute Gasteiger partial charge is 0.225 e. The molecular formula is C12H14N4O. The highest BCUT2D eigenvalue weighted by Crippen LogP contribution is 2.33. The molecular weight excluding hydrogens is 216 g/mol. The zero-order chi connectivity index (χ0) is 11.7. The van der Waals surface area contributed by atoms with Gasteiger partial charge in [0, 0.05) is 25.0 Å². The Balaban J connectivity index is 1.90. The van der Waals surface area contributed by atoms with Crippen LogP contribution in [-0.2, 0) is 0 Å². The van der Waals surface area contributed by atoms with Crippen LogP contribution in [0.5, 0.6) is 0 Å². The number of hydrogen-bond donors (Lipinski definition) is 0. The Morgan fingerprint density at radius 1 is 1.35 bits per heavy atom. The average Bonchev–Trinajstić information content (AvgIpc) is 2.98. The number of anilines is 1. The third-order valence-electron chi connectivity index (χ3n) is 3.05. The molecule has 17 heavy (non-hydrogen) atoms. The number of rotatable bonds is 2. The summed E-state index contributed by atoms with van der Waals surface area (Å²) in [6.07, 6.45) is 5.75. The Morgan fingerprint density at radius 3 is 2.88 bits per heavy atom. The molecule has 3 rings (SSSR count). The molecule has 0 bridgehead atoms. The standard InChI is InChI=1S/C12H14N4O/c1-9-8-10(15-17-9)11-4-2-7-16(11)12-13-5-3-6-14-12/h3,5-6,8,11H,2,4,7H2,1H3/t11-/m0/s1. The highest BCUT2D eigenvalue weighted by atomic mass is 16.5. The third kappa shape index (κ3) is 1.88. The fourth-order valence-electron chi connectivity index (χ4n) is 2.30. The van der Waals surface area contributed by atoms with Crippen molar-refractivity contribution in [2.75, 3.05) is 11.4 Å². The molecule has 0 aliphatic carbocycles. The lowest BCUT2D eigenvalue weighted by Gasteiger charge is -2.22. The summed E-state index contributed by atoms with van der Waals surface area (Å²) in [4.78, 5) is 10.8.